The van der Waals surface area contributed by atoms with E-state index in [-0.39, 0.29) is 42.8 Å². The Morgan fingerprint density at radius 2 is 2.00 bits per heavy atom. The number of ether oxygens (including phenoxy) is 2. The number of anilines is 1. The summed E-state index contributed by atoms with van der Waals surface area (Å²) in [5.74, 6) is -3.00. The van der Waals surface area contributed by atoms with Gasteiger partial charge in [-0.25, -0.2) is 22.9 Å². The van der Waals surface area contributed by atoms with Crippen LogP contribution < -0.4 is 19.7 Å². The van der Waals surface area contributed by atoms with Crippen LogP contribution in [0, 0.1) is 11.7 Å². The molecule has 2 aliphatic rings. The third-order valence-corrected chi connectivity index (χ3v) is 6.08. The molecule has 4 rings (SSSR count). The summed E-state index contributed by atoms with van der Waals surface area (Å²) >= 11 is 0. The minimum atomic E-state index is -2.67. The highest BCUT2D eigenvalue weighted by Gasteiger charge is 2.57. The lowest BCUT2D eigenvalue weighted by molar-refractivity contribution is 0.0855. The van der Waals surface area contributed by atoms with Gasteiger partial charge in [0.05, 0.1) is 31.3 Å². The summed E-state index contributed by atoms with van der Waals surface area (Å²) in [4.78, 5) is 19.2. The SMILES string of the molecule is C[C@H](NC(=O)N(C)C)c1ccc(O[C@@H]2CCN(c3ncc(OCC4CC4(F)F)cc3F)C2)cc1. The van der Waals surface area contributed by atoms with E-state index < -0.39 is 17.7 Å². The normalized spacial score (nSPS) is 21.6. The predicted molar refractivity (Wildman–Crippen MR) is 121 cm³/mol. The fourth-order valence-electron chi connectivity index (χ4n) is 3.81. The van der Waals surface area contributed by atoms with Crippen molar-refractivity contribution in [2.45, 2.75) is 37.8 Å². The molecule has 1 aliphatic heterocycles. The van der Waals surface area contributed by atoms with Crippen LogP contribution in [-0.2, 0) is 0 Å². The summed E-state index contributed by atoms with van der Waals surface area (Å²) in [6.07, 6.45) is 1.74. The number of carbonyl (C=O) groups excluding carboxylic acids is 1. The molecule has 1 aromatic heterocycles. The second kappa shape index (κ2) is 9.60. The number of alkyl halides is 2. The number of rotatable bonds is 8. The first-order chi connectivity index (χ1) is 16.1. The molecule has 0 bridgehead atoms. The highest BCUT2D eigenvalue weighted by atomic mass is 19.3. The smallest absolute Gasteiger partial charge is 0.317 e. The number of halogens is 3. The second-order valence-corrected chi connectivity index (χ2v) is 9.06. The van der Waals surface area contributed by atoms with Gasteiger partial charge in [0.15, 0.2) is 11.6 Å². The molecule has 1 aromatic carbocycles. The number of nitrogens with one attached hydrogen (secondary N) is 1. The van der Waals surface area contributed by atoms with Crippen molar-refractivity contribution >= 4 is 11.8 Å². The molecule has 2 aromatic rings. The molecule has 34 heavy (non-hydrogen) atoms. The van der Waals surface area contributed by atoms with E-state index in [1.807, 2.05) is 31.2 Å². The Morgan fingerprint density at radius 3 is 2.62 bits per heavy atom. The molecule has 3 atom stereocenters. The Kier molecular flexibility index (Phi) is 6.77. The molecular weight excluding hydrogens is 449 g/mol. The van der Waals surface area contributed by atoms with Crippen molar-refractivity contribution < 1.29 is 27.4 Å². The summed E-state index contributed by atoms with van der Waals surface area (Å²) in [5, 5.41) is 2.90. The van der Waals surface area contributed by atoms with Gasteiger partial charge in [0.25, 0.3) is 5.92 Å². The summed E-state index contributed by atoms with van der Waals surface area (Å²) in [5.41, 5.74) is 0.953. The number of hydrogen-bond acceptors (Lipinski definition) is 5. The lowest BCUT2D eigenvalue weighted by Crippen LogP contribution is -2.36. The van der Waals surface area contributed by atoms with Gasteiger partial charge >= 0.3 is 6.03 Å². The highest BCUT2D eigenvalue weighted by Crippen LogP contribution is 2.48. The number of nitrogens with zero attached hydrogens (tertiary/aromatic N) is 3. The standard InChI is InChI=1S/C24H29F3N4O3/c1-15(29-23(32)30(2)3)16-4-6-18(7-5-16)34-19-8-9-31(13-19)22-21(25)10-20(12-28-22)33-14-17-11-24(17,26)27/h4-7,10,12,15,17,19H,8-9,11,13-14H2,1-3H3,(H,29,32)/t15-,17?,19+/m0/s1. The van der Waals surface area contributed by atoms with Crippen LogP contribution in [-0.4, -0.2) is 61.7 Å². The number of carbonyl (C=O) groups is 1. The van der Waals surface area contributed by atoms with E-state index in [4.69, 9.17) is 9.47 Å². The van der Waals surface area contributed by atoms with E-state index in [1.165, 1.54) is 17.2 Å². The van der Waals surface area contributed by atoms with Crippen LogP contribution in [0.4, 0.5) is 23.8 Å². The molecule has 184 valence electrons. The van der Waals surface area contributed by atoms with Crippen molar-refractivity contribution in [1.82, 2.24) is 15.2 Å². The number of aromatic nitrogens is 1. The first-order valence-electron chi connectivity index (χ1n) is 11.3. The maximum absolute atomic E-state index is 14.6. The number of amides is 2. The molecule has 2 heterocycles. The molecule has 0 spiro atoms. The quantitative estimate of drug-likeness (QED) is 0.615. The van der Waals surface area contributed by atoms with E-state index in [0.717, 1.165) is 5.56 Å². The summed E-state index contributed by atoms with van der Waals surface area (Å²) in [6.45, 7) is 2.81. The predicted octanol–water partition coefficient (Wildman–Crippen LogP) is 4.24. The number of benzene rings is 1. The zero-order valence-electron chi connectivity index (χ0n) is 19.4. The van der Waals surface area contributed by atoms with Gasteiger partial charge in [-0.1, -0.05) is 12.1 Å². The average Bonchev–Trinajstić information content (AvgIpc) is 3.16. The van der Waals surface area contributed by atoms with Gasteiger partial charge in [-0.3, -0.25) is 0 Å². The summed E-state index contributed by atoms with van der Waals surface area (Å²) < 4.78 is 51.9. The lowest BCUT2D eigenvalue weighted by atomic mass is 10.1. The third kappa shape index (κ3) is 5.66. The van der Waals surface area contributed by atoms with E-state index in [0.29, 0.717) is 25.3 Å². The van der Waals surface area contributed by atoms with Gasteiger partial charge < -0.3 is 24.6 Å². The lowest BCUT2D eigenvalue weighted by Gasteiger charge is -2.20. The molecule has 1 unspecified atom stereocenters. The Hall–Kier alpha value is -3.17. The fourth-order valence-corrected chi connectivity index (χ4v) is 3.81. The Bertz CT molecular complexity index is 1020. The first kappa shape index (κ1) is 24.0. The molecular formula is C24H29F3N4O3. The average molecular weight is 479 g/mol. The molecule has 2 amide bonds. The Morgan fingerprint density at radius 1 is 1.29 bits per heavy atom. The number of pyridine rings is 1. The molecule has 2 fully saturated rings. The summed E-state index contributed by atoms with van der Waals surface area (Å²) in [7, 11) is 3.37. The van der Waals surface area contributed by atoms with E-state index in [1.54, 1.807) is 19.0 Å². The van der Waals surface area contributed by atoms with Crippen molar-refractivity contribution in [3.8, 4) is 11.5 Å². The van der Waals surface area contributed by atoms with Crippen molar-refractivity contribution in [1.29, 1.82) is 0 Å². The van der Waals surface area contributed by atoms with Crippen LogP contribution in [0.1, 0.15) is 31.4 Å². The van der Waals surface area contributed by atoms with Crippen molar-refractivity contribution in [2.75, 3.05) is 38.7 Å². The van der Waals surface area contributed by atoms with Crippen LogP contribution in [0.25, 0.3) is 0 Å². The second-order valence-electron chi connectivity index (χ2n) is 9.06. The molecule has 1 saturated carbocycles. The van der Waals surface area contributed by atoms with Gasteiger partial charge in [0.1, 0.15) is 17.6 Å². The monoisotopic (exact) mass is 478 g/mol. The zero-order chi connectivity index (χ0) is 24.5. The molecule has 7 nitrogen and oxygen atoms in total. The van der Waals surface area contributed by atoms with Gasteiger partial charge in [0, 0.05) is 39.5 Å². The third-order valence-electron chi connectivity index (χ3n) is 6.08. The molecule has 0 radical (unpaired) electrons. The zero-order valence-corrected chi connectivity index (χ0v) is 19.4. The van der Waals surface area contributed by atoms with E-state index in [9.17, 15) is 18.0 Å². The maximum atomic E-state index is 14.6. The van der Waals surface area contributed by atoms with Crippen molar-refractivity contribution in [2.24, 2.45) is 5.92 Å². The van der Waals surface area contributed by atoms with Gasteiger partial charge in [-0.15, -0.1) is 0 Å². The molecule has 1 N–H and O–H groups in total. The fraction of sp³-hybridized carbons (Fsp3) is 0.500. The summed E-state index contributed by atoms with van der Waals surface area (Å²) in [6, 6.07) is 8.39. The van der Waals surface area contributed by atoms with Gasteiger partial charge in [-0.05, 0) is 24.6 Å². The van der Waals surface area contributed by atoms with Crippen LogP contribution in [0.15, 0.2) is 36.5 Å². The number of urea groups is 1. The highest BCUT2D eigenvalue weighted by molar-refractivity contribution is 5.74. The van der Waals surface area contributed by atoms with E-state index in [2.05, 4.69) is 10.3 Å². The van der Waals surface area contributed by atoms with Crippen LogP contribution in [0.2, 0.25) is 0 Å². The minimum absolute atomic E-state index is 0.133. The van der Waals surface area contributed by atoms with Crippen molar-refractivity contribution in [3.05, 3.63) is 47.9 Å². The molecule has 1 aliphatic carbocycles. The van der Waals surface area contributed by atoms with Crippen LogP contribution in [0.5, 0.6) is 11.5 Å². The number of hydrogen-bond donors (Lipinski definition) is 1. The largest absolute Gasteiger partial charge is 0.491 e. The Balaban J connectivity index is 1.28. The van der Waals surface area contributed by atoms with Gasteiger partial charge in [-0.2, -0.15) is 0 Å². The molecule has 1 saturated heterocycles. The van der Waals surface area contributed by atoms with Crippen LogP contribution in [0.3, 0.4) is 0 Å². The maximum Gasteiger partial charge on any atom is 0.317 e. The minimum Gasteiger partial charge on any atom is -0.491 e. The Labute approximate surface area is 196 Å². The molecule has 10 heteroatoms. The topological polar surface area (TPSA) is 66.9 Å². The van der Waals surface area contributed by atoms with Crippen molar-refractivity contribution in [3.63, 3.8) is 0 Å². The van der Waals surface area contributed by atoms with E-state index >= 15 is 0 Å². The van der Waals surface area contributed by atoms with Crippen LogP contribution >= 0.6 is 0 Å². The van der Waals surface area contributed by atoms with Gasteiger partial charge in [0.2, 0.25) is 0 Å². The first-order valence-corrected chi connectivity index (χ1v) is 11.3.